The van der Waals surface area contributed by atoms with Crippen LogP contribution in [0, 0.1) is 12.7 Å². The Kier molecular flexibility index (Phi) is 4.77. The van der Waals surface area contributed by atoms with E-state index in [1.807, 2.05) is 6.92 Å². The molecule has 0 radical (unpaired) electrons. The Bertz CT molecular complexity index is 608. The van der Waals surface area contributed by atoms with Gasteiger partial charge in [-0.25, -0.2) is 4.39 Å². The van der Waals surface area contributed by atoms with E-state index in [2.05, 4.69) is 5.32 Å². The third-order valence-corrected chi connectivity index (χ3v) is 3.61. The Hall–Kier alpha value is -1.69. The zero-order valence-corrected chi connectivity index (χ0v) is 12.0. The van der Waals surface area contributed by atoms with Crippen LogP contribution in [0.2, 0.25) is 0 Å². The molecule has 0 aliphatic rings. The van der Waals surface area contributed by atoms with Crippen LogP contribution < -0.4 is 5.32 Å². The summed E-state index contributed by atoms with van der Waals surface area (Å²) in [4.78, 5) is 0.144. The molecule has 21 heavy (non-hydrogen) atoms. The molecule has 0 amide bonds. The quantitative estimate of drug-likeness (QED) is 0.602. The van der Waals surface area contributed by atoms with Gasteiger partial charge in [-0.1, -0.05) is 6.07 Å². The van der Waals surface area contributed by atoms with Crippen molar-refractivity contribution in [3.05, 3.63) is 59.4 Å². The molecular formula is C15H13F4NS. The summed E-state index contributed by atoms with van der Waals surface area (Å²) < 4.78 is 49.6. The highest BCUT2D eigenvalue weighted by Crippen LogP contribution is 2.37. The molecule has 112 valence electrons. The monoisotopic (exact) mass is 315 g/mol. The van der Waals surface area contributed by atoms with Crippen LogP contribution in [0.5, 0.6) is 0 Å². The summed E-state index contributed by atoms with van der Waals surface area (Å²) >= 11 is -0.141. The Labute approximate surface area is 124 Å². The van der Waals surface area contributed by atoms with Gasteiger partial charge in [-0.05, 0) is 66.2 Å². The number of thioether (sulfide) groups is 1. The second kappa shape index (κ2) is 6.39. The van der Waals surface area contributed by atoms with Gasteiger partial charge in [0, 0.05) is 17.1 Å². The van der Waals surface area contributed by atoms with E-state index in [9.17, 15) is 17.6 Å². The van der Waals surface area contributed by atoms with Crippen molar-refractivity contribution < 1.29 is 17.6 Å². The second-order valence-electron chi connectivity index (χ2n) is 4.50. The molecule has 2 aromatic carbocycles. The number of alkyl halides is 3. The van der Waals surface area contributed by atoms with Crippen LogP contribution in [-0.4, -0.2) is 5.51 Å². The van der Waals surface area contributed by atoms with E-state index in [1.165, 1.54) is 24.3 Å². The van der Waals surface area contributed by atoms with Gasteiger partial charge in [0.05, 0.1) is 0 Å². The van der Waals surface area contributed by atoms with Crippen molar-refractivity contribution in [2.24, 2.45) is 0 Å². The maximum Gasteiger partial charge on any atom is 0.446 e. The maximum atomic E-state index is 13.0. The standard InChI is InChI=1S/C15H13F4NS/c1-10-8-12(16)3-2-11(10)9-20-13-4-6-14(7-5-13)21-15(17,18)19/h2-8,20H,9H2,1H3. The summed E-state index contributed by atoms with van der Waals surface area (Å²) in [6.07, 6.45) is 0. The second-order valence-corrected chi connectivity index (χ2v) is 5.63. The Balaban J connectivity index is 1.97. The van der Waals surface area contributed by atoms with Crippen LogP contribution in [0.1, 0.15) is 11.1 Å². The summed E-state index contributed by atoms with van der Waals surface area (Å²) in [6.45, 7) is 2.29. The van der Waals surface area contributed by atoms with Gasteiger partial charge >= 0.3 is 5.51 Å². The molecule has 0 spiro atoms. The predicted octanol–water partition coefficient (Wildman–Crippen LogP) is 5.36. The van der Waals surface area contributed by atoms with E-state index in [-0.39, 0.29) is 22.5 Å². The molecule has 0 unspecified atom stereocenters. The minimum atomic E-state index is -4.28. The Morgan fingerprint density at radius 2 is 1.71 bits per heavy atom. The first kappa shape index (κ1) is 15.7. The highest BCUT2D eigenvalue weighted by Gasteiger charge is 2.28. The van der Waals surface area contributed by atoms with Crippen molar-refractivity contribution in [3.8, 4) is 0 Å². The zero-order chi connectivity index (χ0) is 15.5. The van der Waals surface area contributed by atoms with Crippen molar-refractivity contribution in [2.75, 3.05) is 5.32 Å². The minimum absolute atomic E-state index is 0.141. The van der Waals surface area contributed by atoms with E-state index in [0.717, 1.165) is 11.1 Å². The van der Waals surface area contributed by atoms with Crippen molar-refractivity contribution in [3.63, 3.8) is 0 Å². The molecule has 1 N–H and O–H groups in total. The summed E-state index contributed by atoms with van der Waals surface area (Å²) in [6, 6.07) is 10.5. The number of hydrogen-bond donors (Lipinski definition) is 1. The molecule has 0 aliphatic carbocycles. The Morgan fingerprint density at radius 1 is 1.05 bits per heavy atom. The summed E-state index contributed by atoms with van der Waals surface area (Å²) in [7, 11) is 0. The van der Waals surface area contributed by atoms with Crippen LogP contribution in [0.3, 0.4) is 0 Å². The number of rotatable bonds is 4. The lowest BCUT2D eigenvalue weighted by molar-refractivity contribution is -0.0328. The van der Waals surface area contributed by atoms with E-state index in [1.54, 1.807) is 18.2 Å². The molecule has 0 bridgehead atoms. The molecule has 0 fully saturated rings. The van der Waals surface area contributed by atoms with E-state index in [4.69, 9.17) is 0 Å². The normalized spacial score (nSPS) is 11.5. The van der Waals surface area contributed by atoms with Gasteiger partial charge in [0.1, 0.15) is 5.82 Å². The molecular weight excluding hydrogens is 302 g/mol. The lowest BCUT2D eigenvalue weighted by Gasteiger charge is -2.10. The number of aryl methyl sites for hydroxylation is 1. The number of anilines is 1. The van der Waals surface area contributed by atoms with Gasteiger partial charge in [0.15, 0.2) is 0 Å². The fraction of sp³-hybridized carbons (Fsp3) is 0.200. The SMILES string of the molecule is Cc1cc(F)ccc1CNc1ccc(SC(F)(F)F)cc1. The zero-order valence-electron chi connectivity index (χ0n) is 11.2. The molecule has 0 saturated heterocycles. The van der Waals surface area contributed by atoms with E-state index < -0.39 is 5.51 Å². The smallest absolute Gasteiger partial charge is 0.381 e. The molecule has 0 atom stereocenters. The lowest BCUT2D eigenvalue weighted by Crippen LogP contribution is -2.02. The van der Waals surface area contributed by atoms with Gasteiger partial charge in [-0.2, -0.15) is 13.2 Å². The van der Waals surface area contributed by atoms with Crippen LogP contribution in [0.25, 0.3) is 0 Å². The average molecular weight is 315 g/mol. The molecule has 0 aromatic heterocycles. The minimum Gasteiger partial charge on any atom is -0.381 e. The van der Waals surface area contributed by atoms with Gasteiger partial charge in [0.25, 0.3) is 0 Å². The molecule has 6 heteroatoms. The molecule has 0 heterocycles. The van der Waals surface area contributed by atoms with Crippen LogP contribution in [-0.2, 0) is 6.54 Å². The highest BCUT2D eigenvalue weighted by molar-refractivity contribution is 8.00. The number of hydrogen-bond acceptors (Lipinski definition) is 2. The summed E-state index contributed by atoms with van der Waals surface area (Å²) in [5.74, 6) is -0.287. The number of halogens is 4. The van der Waals surface area contributed by atoms with Crippen molar-refractivity contribution in [2.45, 2.75) is 23.9 Å². The van der Waals surface area contributed by atoms with Gasteiger partial charge in [0.2, 0.25) is 0 Å². The first-order valence-corrected chi connectivity index (χ1v) is 7.00. The van der Waals surface area contributed by atoms with Gasteiger partial charge in [-0.3, -0.25) is 0 Å². The third-order valence-electron chi connectivity index (χ3n) is 2.88. The maximum absolute atomic E-state index is 13.0. The number of nitrogens with one attached hydrogen (secondary N) is 1. The highest BCUT2D eigenvalue weighted by atomic mass is 32.2. The first-order valence-electron chi connectivity index (χ1n) is 6.18. The molecule has 0 saturated carbocycles. The molecule has 0 aliphatic heterocycles. The largest absolute Gasteiger partial charge is 0.446 e. The topological polar surface area (TPSA) is 12.0 Å². The van der Waals surface area contributed by atoms with Gasteiger partial charge in [-0.15, -0.1) is 0 Å². The summed E-state index contributed by atoms with van der Waals surface area (Å²) in [5.41, 5.74) is -1.80. The van der Waals surface area contributed by atoms with Crippen molar-refractivity contribution >= 4 is 17.4 Å². The molecule has 2 rings (SSSR count). The van der Waals surface area contributed by atoms with Crippen LogP contribution in [0.4, 0.5) is 23.2 Å². The molecule has 1 nitrogen and oxygen atoms in total. The average Bonchev–Trinajstić information content (AvgIpc) is 2.38. The number of benzene rings is 2. The van der Waals surface area contributed by atoms with E-state index in [0.29, 0.717) is 12.2 Å². The van der Waals surface area contributed by atoms with Crippen molar-refractivity contribution in [1.82, 2.24) is 0 Å². The van der Waals surface area contributed by atoms with Crippen LogP contribution in [0.15, 0.2) is 47.4 Å². The fourth-order valence-electron chi connectivity index (χ4n) is 1.83. The lowest BCUT2D eigenvalue weighted by atomic mass is 10.1. The third kappa shape index (κ3) is 4.97. The first-order chi connectivity index (χ1) is 9.83. The van der Waals surface area contributed by atoms with Gasteiger partial charge < -0.3 is 5.32 Å². The molecule has 2 aromatic rings. The van der Waals surface area contributed by atoms with Crippen molar-refractivity contribution in [1.29, 1.82) is 0 Å². The summed E-state index contributed by atoms with van der Waals surface area (Å²) in [5, 5.41) is 3.10. The van der Waals surface area contributed by atoms with E-state index >= 15 is 0 Å². The van der Waals surface area contributed by atoms with Crippen LogP contribution >= 0.6 is 11.8 Å². The Morgan fingerprint density at radius 3 is 2.29 bits per heavy atom. The fourth-order valence-corrected chi connectivity index (χ4v) is 2.37. The predicted molar refractivity (Wildman–Crippen MR) is 76.8 cm³/mol.